The molecule has 2 fully saturated rings. The van der Waals surface area contributed by atoms with Crippen LogP contribution in [0.15, 0.2) is 17.5 Å². The first-order valence-corrected chi connectivity index (χ1v) is 9.15. The molecule has 2 aliphatic rings. The third-order valence-corrected chi connectivity index (χ3v) is 6.50. The van der Waals surface area contributed by atoms with Crippen LogP contribution in [0, 0.1) is 0 Å². The predicted molar refractivity (Wildman–Crippen MR) is 90.8 cm³/mol. The lowest BCUT2D eigenvalue weighted by atomic mass is 9.92. The third-order valence-electron chi connectivity index (χ3n) is 5.60. The Bertz CT molecular complexity index is 457. The van der Waals surface area contributed by atoms with Crippen LogP contribution < -0.4 is 5.73 Å². The summed E-state index contributed by atoms with van der Waals surface area (Å²) < 4.78 is 0. The number of nitrogens with zero attached hydrogens (tertiary/aromatic N) is 2. The van der Waals surface area contributed by atoms with E-state index in [1.807, 2.05) is 11.3 Å². The van der Waals surface area contributed by atoms with Crippen LogP contribution in [-0.4, -0.2) is 53.6 Å². The van der Waals surface area contributed by atoms with E-state index >= 15 is 0 Å². The normalized spacial score (nSPS) is 32.0. The molecule has 0 radical (unpaired) electrons. The fourth-order valence-corrected chi connectivity index (χ4v) is 4.82. The number of likely N-dealkylation sites (N-methyl/N-ethyl adjacent to an activating group) is 1. The zero-order valence-corrected chi connectivity index (χ0v) is 14.4. The van der Waals surface area contributed by atoms with E-state index in [1.54, 1.807) is 0 Å². The average Bonchev–Trinajstić information content (AvgIpc) is 3.08. The summed E-state index contributed by atoms with van der Waals surface area (Å²) in [5.74, 6) is 0. The van der Waals surface area contributed by atoms with Gasteiger partial charge in [-0.1, -0.05) is 6.07 Å². The minimum Gasteiger partial charge on any atom is -0.329 e. The van der Waals surface area contributed by atoms with Crippen LogP contribution in [0.2, 0.25) is 0 Å². The van der Waals surface area contributed by atoms with E-state index in [2.05, 4.69) is 48.2 Å². The molecule has 2 heterocycles. The highest BCUT2D eigenvalue weighted by Crippen LogP contribution is 2.39. The van der Waals surface area contributed by atoms with Crippen LogP contribution in [0.1, 0.15) is 38.0 Å². The van der Waals surface area contributed by atoms with E-state index in [-0.39, 0.29) is 5.54 Å². The molecule has 1 aliphatic heterocycles. The summed E-state index contributed by atoms with van der Waals surface area (Å²) >= 11 is 1.87. The minimum atomic E-state index is 0.165. The van der Waals surface area contributed by atoms with E-state index < -0.39 is 0 Å². The zero-order chi connectivity index (χ0) is 15.0. The van der Waals surface area contributed by atoms with Gasteiger partial charge in [0.25, 0.3) is 0 Å². The van der Waals surface area contributed by atoms with Crippen LogP contribution in [0.3, 0.4) is 0 Å². The monoisotopic (exact) mass is 307 g/mol. The average molecular weight is 308 g/mol. The van der Waals surface area contributed by atoms with Crippen molar-refractivity contribution in [2.45, 2.75) is 63.2 Å². The number of hydrogen-bond acceptors (Lipinski definition) is 4. The van der Waals surface area contributed by atoms with Gasteiger partial charge in [-0.05, 0) is 58.0 Å². The zero-order valence-electron chi connectivity index (χ0n) is 13.6. The lowest BCUT2D eigenvalue weighted by Gasteiger charge is -2.42. The maximum Gasteiger partial charge on any atom is 0.0473 e. The van der Waals surface area contributed by atoms with Gasteiger partial charge in [0, 0.05) is 41.6 Å². The van der Waals surface area contributed by atoms with E-state index in [0.717, 1.165) is 25.6 Å². The minimum absolute atomic E-state index is 0.165. The summed E-state index contributed by atoms with van der Waals surface area (Å²) in [7, 11) is 2.29. The second-order valence-electron chi connectivity index (χ2n) is 7.13. The van der Waals surface area contributed by atoms with E-state index in [1.165, 1.54) is 24.1 Å². The first-order valence-electron chi connectivity index (χ1n) is 8.27. The second kappa shape index (κ2) is 5.99. The smallest absolute Gasteiger partial charge is 0.0473 e. The quantitative estimate of drug-likeness (QED) is 0.877. The largest absolute Gasteiger partial charge is 0.329 e. The molecule has 0 aromatic carbocycles. The Morgan fingerprint density at radius 3 is 2.86 bits per heavy atom. The van der Waals surface area contributed by atoms with Gasteiger partial charge in [0.15, 0.2) is 0 Å². The van der Waals surface area contributed by atoms with Crippen molar-refractivity contribution in [2.24, 2.45) is 5.73 Å². The predicted octanol–water partition coefficient (Wildman–Crippen LogP) is 2.57. The molecule has 3 rings (SSSR count). The molecule has 0 amide bonds. The highest BCUT2D eigenvalue weighted by Gasteiger charge is 2.49. The van der Waals surface area contributed by atoms with Gasteiger partial charge in [-0.3, -0.25) is 9.80 Å². The van der Waals surface area contributed by atoms with Crippen molar-refractivity contribution < 1.29 is 0 Å². The Kier molecular flexibility index (Phi) is 4.42. The van der Waals surface area contributed by atoms with Gasteiger partial charge in [-0.2, -0.15) is 0 Å². The highest BCUT2D eigenvalue weighted by atomic mass is 32.1. The van der Waals surface area contributed by atoms with Crippen LogP contribution in [0.5, 0.6) is 0 Å². The number of likely N-dealkylation sites (tertiary alicyclic amines) is 1. The molecule has 1 aromatic rings. The van der Waals surface area contributed by atoms with Crippen molar-refractivity contribution in [1.29, 1.82) is 0 Å². The van der Waals surface area contributed by atoms with Gasteiger partial charge in [-0.25, -0.2) is 0 Å². The van der Waals surface area contributed by atoms with E-state index in [4.69, 9.17) is 5.73 Å². The maximum atomic E-state index is 6.26. The molecule has 3 atom stereocenters. The van der Waals surface area contributed by atoms with Crippen molar-refractivity contribution in [2.75, 3.05) is 20.1 Å². The van der Waals surface area contributed by atoms with Crippen molar-refractivity contribution in [3.63, 3.8) is 0 Å². The highest BCUT2D eigenvalue weighted by molar-refractivity contribution is 7.09. The molecule has 1 aliphatic carbocycles. The van der Waals surface area contributed by atoms with Gasteiger partial charge in [0.1, 0.15) is 0 Å². The fraction of sp³-hybridized carbons (Fsp3) is 0.765. The SMILES string of the molecule is CC1CC(CN)(N(C)C(C)Cc2cccs2)CN1C1CC1. The summed E-state index contributed by atoms with van der Waals surface area (Å²) in [6.45, 7) is 6.65. The summed E-state index contributed by atoms with van der Waals surface area (Å²) in [5, 5.41) is 2.17. The third kappa shape index (κ3) is 3.04. The van der Waals surface area contributed by atoms with Crippen LogP contribution in [0.4, 0.5) is 0 Å². The van der Waals surface area contributed by atoms with Gasteiger partial charge in [-0.15, -0.1) is 11.3 Å². The van der Waals surface area contributed by atoms with Crippen molar-refractivity contribution in [1.82, 2.24) is 9.80 Å². The molecule has 0 bridgehead atoms. The van der Waals surface area contributed by atoms with Gasteiger partial charge in [0.2, 0.25) is 0 Å². The number of nitrogens with two attached hydrogens (primary N) is 1. The van der Waals surface area contributed by atoms with Gasteiger partial charge < -0.3 is 5.73 Å². The Morgan fingerprint density at radius 2 is 2.29 bits per heavy atom. The molecule has 118 valence electrons. The Hall–Kier alpha value is -0.420. The first kappa shape index (κ1) is 15.5. The lowest BCUT2D eigenvalue weighted by molar-refractivity contribution is 0.0887. The molecule has 3 nitrogen and oxygen atoms in total. The number of thiophene rings is 1. The Labute approximate surface area is 133 Å². The van der Waals surface area contributed by atoms with E-state index in [0.29, 0.717) is 12.1 Å². The molecule has 1 saturated carbocycles. The molecule has 4 heteroatoms. The summed E-state index contributed by atoms with van der Waals surface area (Å²) in [6, 6.07) is 6.46. The van der Waals surface area contributed by atoms with Crippen molar-refractivity contribution >= 4 is 11.3 Å². The summed E-state index contributed by atoms with van der Waals surface area (Å²) in [5.41, 5.74) is 6.43. The molecule has 3 unspecified atom stereocenters. The van der Waals surface area contributed by atoms with Crippen molar-refractivity contribution in [3.8, 4) is 0 Å². The molecular formula is C17H29N3S. The molecular weight excluding hydrogens is 278 g/mol. The molecule has 1 saturated heterocycles. The lowest BCUT2D eigenvalue weighted by Crippen LogP contribution is -2.57. The van der Waals surface area contributed by atoms with Gasteiger partial charge in [0.05, 0.1) is 0 Å². The Morgan fingerprint density at radius 1 is 1.52 bits per heavy atom. The summed E-state index contributed by atoms with van der Waals surface area (Å²) in [4.78, 5) is 6.76. The topological polar surface area (TPSA) is 32.5 Å². The number of rotatable bonds is 6. The molecule has 1 aromatic heterocycles. The molecule has 21 heavy (non-hydrogen) atoms. The number of hydrogen-bond donors (Lipinski definition) is 1. The summed E-state index contributed by atoms with van der Waals surface area (Å²) in [6.07, 6.45) is 5.12. The van der Waals surface area contributed by atoms with Crippen LogP contribution in [-0.2, 0) is 6.42 Å². The maximum absolute atomic E-state index is 6.26. The van der Waals surface area contributed by atoms with Crippen molar-refractivity contribution in [3.05, 3.63) is 22.4 Å². The second-order valence-corrected chi connectivity index (χ2v) is 8.16. The van der Waals surface area contributed by atoms with E-state index in [9.17, 15) is 0 Å². The fourth-order valence-electron chi connectivity index (χ4n) is 3.99. The first-order chi connectivity index (χ1) is 10.1. The van der Waals surface area contributed by atoms with Crippen LogP contribution >= 0.6 is 11.3 Å². The Balaban J connectivity index is 1.69. The molecule has 2 N–H and O–H groups in total. The van der Waals surface area contributed by atoms with Crippen LogP contribution in [0.25, 0.3) is 0 Å². The molecule has 0 spiro atoms. The standard InChI is InChI=1S/C17H29N3S/c1-13(9-16-5-4-8-21-16)19(3)17(11-18)10-14(2)20(12-17)15-6-7-15/h4-5,8,13-15H,6-7,9-12,18H2,1-3H3. The van der Waals surface area contributed by atoms with Gasteiger partial charge >= 0.3 is 0 Å².